The van der Waals surface area contributed by atoms with Crippen LogP contribution in [0.1, 0.15) is 37.5 Å². The Morgan fingerprint density at radius 3 is 2.42 bits per heavy atom. The molecule has 1 heterocycles. The van der Waals surface area contributed by atoms with Gasteiger partial charge in [0.1, 0.15) is 18.4 Å². The molecule has 1 aromatic carbocycles. The molecule has 2 aromatic rings. The van der Waals surface area contributed by atoms with Gasteiger partial charge in [0.2, 0.25) is 15.9 Å². The Bertz CT molecular complexity index is 1100. The van der Waals surface area contributed by atoms with Crippen molar-refractivity contribution in [1.82, 2.24) is 19.6 Å². The number of hydrogen-bond acceptors (Lipinski definition) is 7. The first kappa shape index (κ1) is 25.2. The fraction of sp³-hybridized carbons (Fsp3) is 0.421. The van der Waals surface area contributed by atoms with E-state index in [1.807, 2.05) is 0 Å². The summed E-state index contributed by atoms with van der Waals surface area (Å²) in [5.74, 6) is -1.37. The van der Waals surface area contributed by atoms with Gasteiger partial charge in [-0.25, -0.2) is 13.4 Å². The van der Waals surface area contributed by atoms with Gasteiger partial charge in [-0.05, 0) is 37.8 Å². The Labute approximate surface area is 200 Å². The molecule has 33 heavy (non-hydrogen) atoms. The fourth-order valence-corrected chi connectivity index (χ4v) is 5.18. The third-order valence-corrected chi connectivity index (χ3v) is 7.25. The van der Waals surface area contributed by atoms with Gasteiger partial charge in [-0.2, -0.15) is 4.72 Å². The molecule has 1 aliphatic rings. The molecule has 0 aliphatic heterocycles. The smallest absolute Gasteiger partial charge is 0.323 e. The van der Waals surface area contributed by atoms with Crippen molar-refractivity contribution in [3.63, 3.8) is 0 Å². The summed E-state index contributed by atoms with van der Waals surface area (Å²) in [7, 11) is -4.27. The standard InChI is InChI=1S/C19H24Cl2N6O5S/c20-12-7-11(8-13(21)17(12)23)33(31,32)26-15(4-3-14(22)18-24-5-6-25-18)19(30)27(9-16(28)29)10-1-2-10/h5-8,10,14-15,26H,1-4,9,22-23H2,(H,24,25)(H,28,29)/t14?,15-/m0/s1. The predicted molar refractivity (Wildman–Crippen MR) is 122 cm³/mol. The minimum Gasteiger partial charge on any atom is -0.480 e. The molecule has 7 N–H and O–H groups in total. The van der Waals surface area contributed by atoms with Crippen LogP contribution < -0.4 is 16.2 Å². The number of aromatic amines is 1. The average molecular weight is 519 g/mol. The topological polar surface area (TPSA) is 184 Å². The second-order valence-electron chi connectivity index (χ2n) is 7.72. The van der Waals surface area contributed by atoms with E-state index < -0.39 is 40.5 Å². The maximum absolute atomic E-state index is 13.3. The van der Waals surface area contributed by atoms with E-state index in [1.165, 1.54) is 11.1 Å². The minimum atomic E-state index is -4.27. The molecule has 0 saturated heterocycles. The number of carboxylic acid groups (broad SMARTS) is 1. The summed E-state index contributed by atoms with van der Waals surface area (Å²) in [5, 5.41) is 9.11. The van der Waals surface area contributed by atoms with Crippen LogP contribution in [-0.4, -0.2) is 58.9 Å². The monoisotopic (exact) mass is 518 g/mol. The van der Waals surface area contributed by atoms with E-state index in [9.17, 15) is 23.1 Å². The van der Waals surface area contributed by atoms with Crippen LogP contribution in [0, 0.1) is 0 Å². The summed E-state index contributed by atoms with van der Waals surface area (Å²) in [6.07, 6.45) is 4.61. The van der Waals surface area contributed by atoms with Crippen molar-refractivity contribution in [2.24, 2.45) is 5.73 Å². The molecule has 1 amide bonds. The van der Waals surface area contributed by atoms with E-state index in [4.69, 9.17) is 34.7 Å². The molecule has 0 radical (unpaired) electrons. The van der Waals surface area contributed by atoms with E-state index in [0.29, 0.717) is 18.7 Å². The summed E-state index contributed by atoms with van der Waals surface area (Å²) < 4.78 is 28.5. The number of carbonyl (C=O) groups excluding carboxylic acids is 1. The molecular weight excluding hydrogens is 495 g/mol. The average Bonchev–Trinajstić information content (AvgIpc) is 3.44. The maximum atomic E-state index is 13.3. The highest BCUT2D eigenvalue weighted by molar-refractivity contribution is 7.89. The predicted octanol–water partition coefficient (Wildman–Crippen LogP) is 1.50. The number of aliphatic carboxylic acids is 1. The lowest BCUT2D eigenvalue weighted by molar-refractivity contribution is -0.145. The molecule has 2 atom stereocenters. The van der Waals surface area contributed by atoms with Crippen molar-refractivity contribution in [3.8, 4) is 0 Å². The van der Waals surface area contributed by atoms with Crippen molar-refractivity contribution >= 4 is 50.8 Å². The SMILES string of the molecule is Nc1c(Cl)cc(S(=O)(=O)N[C@@H](CCC(N)c2ncc[nH]2)C(=O)N(CC(=O)O)C2CC2)cc1Cl. The van der Waals surface area contributed by atoms with Gasteiger partial charge in [0.25, 0.3) is 0 Å². The normalized spacial score (nSPS) is 15.7. The number of amides is 1. The molecule has 11 nitrogen and oxygen atoms in total. The van der Waals surface area contributed by atoms with Gasteiger partial charge < -0.3 is 26.5 Å². The van der Waals surface area contributed by atoms with Gasteiger partial charge >= 0.3 is 5.97 Å². The zero-order valence-corrected chi connectivity index (χ0v) is 19.7. The molecule has 14 heteroatoms. The highest BCUT2D eigenvalue weighted by Crippen LogP contribution is 2.31. The summed E-state index contributed by atoms with van der Waals surface area (Å²) in [4.78, 5) is 32.4. The molecule has 0 bridgehead atoms. The Kier molecular flexibility index (Phi) is 7.85. The van der Waals surface area contributed by atoms with Crippen molar-refractivity contribution in [2.75, 3.05) is 12.3 Å². The number of nitrogen functional groups attached to an aromatic ring is 1. The number of nitrogens with two attached hydrogens (primary N) is 2. The maximum Gasteiger partial charge on any atom is 0.323 e. The number of carboxylic acids is 1. The lowest BCUT2D eigenvalue weighted by Crippen LogP contribution is -2.50. The quantitative estimate of drug-likeness (QED) is 0.277. The fourth-order valence-electron chi connectivity index (χ4n) is 3.29. The zero-order valence-electron chi connectivity index (χ0n) is 17.4. The van der Waals surface area contributed by atoms with Gasteiger partial charge in [0.05, 0.1) is 26.7 Å². The molecule has 1 aliphatic carbocycles. The molecule has 180 valence electrons. The van der Waals surface area contributed by atoms with Crippen LogP contribution in [0.2, 0.25) is 10.0 Å². The Morgan fingerprint density at radius 1 is 1.27 bits per heavy atom. The molecule has 1 aromatic heterocycles. The minimum absolute atomic E-state index is 0.000788. The summed E-state index contributed by atoms with van der Waals surface area (Å²) in [6.45, 7) is -0.536. The lowest BCUT2D eigenvalue weighted by atomic mass is 10.1. The van der Waals surface area contributed by atoms with Crippen molar-refractivity contribution in [1.29, 1.82) is 0 Å². The third-order valence-electron chi connectivity index (χ3n) is 5.17. The van der Waals surface area contributed by atoms with Crippen LogP contribution in [0.25, 0.3) is 0 Å². The molecule has 1 saturated carbocycles. The number of rotatable bonds is 11. The van der Waals surface area contributed by atoms with Crippen LogP contribution >= 0.6 is 23.2 Å². The van der Waals surface area contributed by atoms with Crippen LogP contribution in [0.3, 0.4) is 0 Å². The number of nitrogens with zero attached hydrogens (tertiary/aromatic N) is 2. The van der Waals surface area contributed by atoms with Gasteiger partial charge in [0.15, 0.2) is 0 Å². The Morgan fingerprint density at radius 2 is 1.91 bits per heavy atom. The number of benzene rings is 1. The molecule has 1 unspecified atom stereocenters. The summed E-state index contributed by atoms with van der Waals surface area (Å²) in [5.41, 5.74) is 11.8. The number of nitrogens with one attached hydrogen (secondary N) is 2. The van der Waals surface area contributed by atoms with Gasteiger partial charge in [-0.3, -0.25) is 9.59 Å². The van der Waals surface area contributed by atoms with E-state index >= 15 is 0 Å². The Balaban J connectivity index is 1.86. The zero-order chi connectivity index (χ0) is 24.3. The first-order chi connectivity index (χ1) is 15.5. The van der Waals surface area contributed by atoms with E-state index in [0.717, 1.165) is 12.1 Å². The number of carbonyl (C=O) groups is 2. The number of sulfonamides is 1. The van der Waals surface area contributed by atoms with Crippen molar-refractivity contribution in [2.45, 2.75) is 48.7 Å². The number of halogens is 2. The van der Waals surface area contributed by atoms with Gasteiger partial charge in [-0.1, -0.05) is 23.2 Å². The third kappa shape index (κ3) is 6.36. The van der Waals surface area contributed by atoms with Crippen molar-refractivity contribution < 1.29 is 23.1 Å². The number of imidazole rings is 1. The van der Waals surface area contributed by atoms with E-state index in [1.54, 1.807) is 6.20 Å². The first-order valence-electron chi connectivity index (χ1n) is 10.0. The summed E-state index contributed by atoms with van der Waals surface area (Å²) >= 11 is 11.9. The van der Waals surface area contributed by atoms with Gasteiger partial charge in [0, 0.05) is 18.4 Å². The lowest BCUT2D eigenvalue weighted by Gasteiger charge is -2.27. The van der Waals surface area contributed by atoms with Gasteiger partial charge in [-0.15, -0.1) is 0 Å². The highest BCUT2D eigenvalue weighted by atomic mass is 35.5. The second kappa shape index (κ2) is 10.3. The second-order valence-corrected chi connectivity index (χ2v) is 10.3. The number of H-pyrrole nitrogens is 1. The van der Waals surface area contributed by atoms with Crippen LogP contribution in [0.4, 0.5) is 5.69 Å². The van der Waals surface area contributed by atoms with Crippen molar-refractivity contribution in [3.05, 3.63) is 40.4 Å². The highest BCUT2D eigenvalue weighted by Gasteiger charge is 2.38. The van der Waals surface area contributed by atoms with Crippen LogP contribution in [0.5, 0.6) is 0 Å². The first-order valence-corrected chi connectivity index (χ1v) is 12.3. The Hall–Kier alpha value is -2.38. The molecule has 0 spiro atoms. The molecular formula is C19H24Cl2N6O5S. The van der Waals surface area contributed by atoms with Crippen LogP contribution in [-0.2, 0) is 19.6 Å². The molecule has 1 fully saturated rings. The van der Waals surface area contributed by atoms with E-state index in [2.05, 4.69) is 14.7 Å². The summed E-state index contributed by atoms with van der Waals surface area (Å²) in [6, 6.07) is 0.133. The number of hydrogen-bond donors (Lipinski definition) is 5. The van der Waals surface area contributed by atoms with E-state index in [-0.39, 0.29) is 39.5 Å². The molecule has 3 rings (SSSR count). The largest absolute Gasteiger partial charge is 0.480 e. The van der Waals surface area contributed by atoms with Crippen LogP contribution in [0.15, 0.2) is 29.4 Å². The number of aromatic nitrogens is 2. The number of anilines is 1.